The number of pyridine rings is 1. The van der Waals surface area contributed by atoms with Gasteiger partial charge in [0.05, 0.1) is 0 Å². The van der Waals surface area contributed by atoms with Gasteiger partial charge in [0.15, 0.2) is 0 Å². The number of piperidine rings is 1. The van der Waals surface area contributed by atoms with Gasteiger partial charge in [-0.1, -0.05) is 30.3 Å². The molecule has 0 unspecified atom stereocenters. The van der Waals surface area contributed by atoms with Crippen molar-refractivity contribution < 1.29 is 9.18 Å². The van der Waals surface area contributed by atoms with Crippen LogP contribution in [0.3, 0.4) is 0 Å². The van der Waals surface area contributed by atoms with Gasteiger partial charge in [-0.05, 0) is 68.1 Å². The number of likely N-dealkylation sites (tertiary alicyclic amines) is 1. The highest BCUT2D eigenvalue weighted by Gasteiger charge is 2.26. The Balaban J connectivity index is 0.00000336. The standard InChI is InChI=1S/C30H36FN5O.ClH/c1-21-18-35(19-22(2)33-21)20-23-5-7-24(8-6-23)28-4-3-15-32-29(28)30(37)36-16-13-27(14-17-36)34-26-11-9-25(31)10-12-26;/h3-12,15,21-22,27,33-34H,13-14,16-20H2,1-2H3;1H/t21-,22+;. The first-order valence-electron chi connectivity index (χ1n) is 13.3. The number of rotatable bonds is 6. The smallest absolute Gasteiger partial charge is 0.273 e. The molecule has 2 atom stereocenters. The molecule has 1 aromatic heterocycles. The number of benzene rings is 2. The molecular formula is C30H37ClFN5O. The van der Waals surface area contributed by atoms with Crippen LogP contribution < -0.4 is 10.6 Å². The lowest BCUT2D eigenvalue weighted by atomic mass is 9.99. The molecule has 0 bridgehead atoms. The summed E-state index contributed by atoms with van der Waals surface area (Å²) in [5.41, 5.74) is 4.57. The van der Waals surface area contributed by atoms with Crippen molar-refractivity contribution in [3.05, 3.63) is 83.9 Å². The lowest BCUT2D eigenvalue weighted by Gasteiger charge is -2.36. The zero-order chi connectivity index (χ0) is 25.8. The first kappa shape index (κ1) is 28.0. The van der Waals surface area contributed by atoms with Crippen LogP contribution in [0.2, 0.25) is 0 Å². The number of carbonyl (C=O) groups excluding carboxylic acids is 1. The van der Waals surface area contributed by atoms with E-state index in [9.17, 15) is 9.18 Å². The molecule has 2 fully saturated rings. The normalized spacial score (nSPS) is 20.6. The third-order valence-electron chi connectivity index (χ3n) is 7.31. The Morgan fingerprint density at radius 1 is 1.00 bits per heavy atom. The van der Waals surface area contributed by atoms with Crippen LogP contribution in [0.15, 0.2) is 66.9 Å². The SMILES string of the molecule is C[C@@H]1CN(Cc2ccc(-c3cccnc3C(=O)N3CCC(Nc4ccc(F)cc4)CC3)cc2)C[C@H](C)N1.Cl. The summed E-state index contributed by atoms with van der Waals surface area (Å²) in [5.74, 6) is -0.265. The fourth-order valence-corrected chi connectivity index (χ4v) is 5.58. The molecule has 0 aliphatic carbocycles. The van der Waals surface area contributed by atoms with Crippen molar-refractivity contribution in [3.8, 4) is 11.1 Å². The molecule has 6 nitrogen and oxygen atoms in total. The van der Waals surface area contributed by atoms with E-state index < -0.39 is 0 Å². The molecule has 2 aromatic carbocycles. The number of carbonyl (C=O) groups is 1. The lowest BCUT2D eigenvalue weighted by Crippen LogP contribution is -2.53. The average Bonchev–Trinajstić information content (AvgIpc) is 2.90. The van der Waals surface area contributed by atoms with Crippen LogP contribution >= 0.6 is 12.4 Å². The van der Waals surface area contributed by atoms with Gasteiger partial charge in [0, 0.05) is 68.3 Å². The van der Waals surface area contributed by atoms with Crippen LogP contribution in [0.1, 0.15) is 42.7 Å². The van der Waals surface area contributed by atoms with Crippen molar-refractivity contribution in [3.63, 3.8) is 0 Å². The summed E-state index contributed by atoms with van der Waals surface area (Å²) in [5, 5.41) is 7.04. The van der Waals surface area contributed by atoms with Crippen LogP contribution in [0.4, 0.5) is 10.1 Å². The number of hydrogen-bond donors (Lipinski definition) is 2. The minimum atomic E-state index is -0.240. The Bertz CT molecular complexity index is 1190. The number of piperazine rings is 1. The van der Waals surface area contributed by atoms with Gasteiger partial charge >= 0.3 is 0 Å². The second kappa shape index (κ2) is 12.7. The fraction of sp³-hybridized carbons (Fsp3) is 0.400. The predicted molar refractivity (Wildman–Crippen MR) is 153 cm³/mol. The molecule has 0 spiro atoms. The summed E-state index contributed by atoms with van der Waals surface area (Å²) >= 11 is 0. The molecule has 202 valence electrons. The summed E-state index contributed by atoms with van der Waals surface area (Å²) in [6.07, 6.45) is 3.37. The highest BCUT2D eigenvalue weighted by atomic mass is 35.5. The van der Waals surface area contributed by atoms with Crippen LogP contribution in [-0.2, 0) is 6.54 Å². The van der Waals surface area contributed by atoms with Gasteiger partial charge in [0.25, 0.3) is 5.91 Å². The third-order valence-corrected chi connectivity index (χ3v) is 7.31. The molecule has 5 rings (SSSR count). The predicted octanol–water partition coefficient (Wildman–Crippen LogP) is 5.21. The number of aromatic nitrogens is 1. The minimum Gasteiger partial charge on any atom is -0.382 e. The molecule has 2 N–H and O–H groups in total. The molecule has 8 heteroatoms. The van der Waals surface area contributed by atoms with Crippen LogP contribution in [-0.4, -0.2) is 65.0 Å². The summed E-state index contributed by atoms with van der Waals surface area (Å²) < 4.78 is 13.2. The van der Waals surface area contributed by atoms with E-state index >= 15 is 0 Å². The largest absolute Gasteiger partial charge is 0.382 e. The number of halogens is 2. The van der Waals surface area contributed by atoms with E-state index in [1.54, 1.807) is 18.3 Å². The van der Waals surface area contributed by atoms with E-state index in [0.29, 0.717) is 30.9 Å². The second-order valence-electron chi connectivity index (χ2n) is 10.5. The molecule has 2 aliphatic heterocycles. The number of amides is 1. The van der Waals surface area contributed by atoms with Crippen molar-refractivity contribution in [2.75, 3.05) is 31.5 Å². The first-order chi connectivity index (χ1) is 17.9. The Kier molecular flexibility index (Phi) is 9.36. The maximum absolute atomic E-state index is 13.5. The van der Waals surface area contributed by atoms with Crippen molar-refractivity contribution in [1.82, 2.24) is 20.1 Å². The molecule has 0 radical (unpaired) electrons. The molecular weight excluding hydrogens is 501 g/mol. The summed E-state index contributed by atoms with van der Waals surface area (Å²) in [6.45, 7) is 8.81. The van der Waals surface area contributed by atoms with Gasteiger partial charge in [-0.3, -0.25) is 14.7 Å². The molecule has 2 saturated heterocycles. The summed E-state index contributed by atoms with van der Waals surface area (Å²) in [4.78, 5) is 22.4. The second-order valence-corrected chi connectivity index (χ2v) is 10.5. The van der Waals surface area contributed by atoms with Crippen molar-refractivity contribution in [2.24, 2.45) is 0 Å². The fourth-order valence-electron chi connectivity index (χ4n) is 5.58. The average molecular weight is 538 g/mol. The first-order valence-corrected chi connectivity index (χ1v) is 13.3. The lowest BCUT2D eigenvalue weighted by molar-refractivity contribution is 0.0713. The van der Waals surface area contributed by atoms with E-state index in [4.69, 9.17) is 0 Å². The van der Waals surface area contributed by atoms with Crippen molar-refractivity contribution in [1.29, 1.82) is 0 Å². The minimum absolute atomic E-state index is 0. The highest BCUT2D eigenvalue weighted by molar-refractivity contribution is 5.99. The summed E-state index contributed by atoms with van der Waals surface area (Å²) in [6, 6.07) is 20.1. The van der Waals surface area contributed by atoms with Gasteiger partial charge in [0.2, 0.25) is 0 Å². The topological polar surface area (TPSA) is 60.5 Å². The van der Waals surface area contributed by atoms with Crippen LogP contribution in [0, 0.1) is 5.82 Å². The Morgan fingerprint density at radius 2 is 1.66 bits per heavy atom. The molecule has 3 heterocycles. The van der Waals surface area contributed by atoms with Gasteiger partial charge in [-0.15, -0.1) is 12.4 Å². The molecule has 2 aliphatic rings. The molecule has 1 amide bonds. The van der Waals surface area contributed by atoms with Crippen molar-refractivity contribution >= 4 is 24.0 Å². The molecule has 0 saturated carbocycles. The van der Waals surface area contributed by atoms with Crippen LogP contribution in [0.5, 0.6) is 0 Å². The highest BCUT2D eigenvalue weighted by Crippen LogP contribution is 2.26. The van der Waals surface area contributed by atoms with Crippen molar-refractivity contribution in [2.45, 2.75) is 51.4 Å². The van der Waals surface area contributed by atoms with E-state index in [0.717, 1.165) is 49.3 Å². The maximum Gasteiger partial charge on any atom is 0.273 e. The van der Waals surface area contributed by atoms with Gasteiger partial charge in [0.1, 0.15) is 11.5 Å². The van der Waals surface area contributed by atoms with E-state index in [1.165, 1.54) is 17.7 Å². The monoisotopic (exact) mass is 537 g/mol. The number of anilines is 1. The third kappa shape index (κ3) is 6.90. The van der Waals surface area contributed by atoms with E-state index in [-0.39, 0.29) is 30.2 Å². The quantitative estimate of drug-likeness (QED) is 0.452. The Hall–Kier alpha value is -3.00. The van der Waals surface area contributed by atoms with Gasteiger partial charge in [-0.25, -0.2) is 4.39 Å². The molecule has 38 heavy (non-hydrogen) atoms. The van der Waals surface area contributed by atoms with E-state index in [2.05, 4.69) is 58.6 Å². The molecule has 3 aromatic rings. The number of hydrogen-bond acceptors (Lipinski definition) is 5. The summed E-state index contributed by atoms with van der Waals surface area (Å²) in [7, 11) is 0. The Labute approximate surface area is 231 Å². The van der Waals surface area contributed by atoms with Crippen LogP contribution in [0.25, 0.3) is 11.1 Å². The number of nitrogens with one attached hydrogen (secondary N) is 2. The zero-order valence-corrected chi connectivity index (χ0v) is 22.9. The number of nitrogens with zero attached hydrogens (tertiary/aromatic N) is 3. The zero-order valence-electron chi connectivity index (χ0n) is 22.1. The van der Waals surface area contributed by atoms with Gasteiger partial charge in [-0.2, -0.15) is 0 Å². The maximum atomic E-state index is 13.5. The Morgan fingerprint density at radius 3 is 2.32 bits per heavy atom. The van der Waals surface area contributed by atoms with E-state index in [1.807, 2.05) is 17.0 Å². The van der Waals surface area contributed by atoms with Gasteiger partial charge < -0.3 is 15.5 Å².